The molecule has 0 aliphatic carbocycles. The van der Waals surface area contributed by atoms with Crippen LogP contribution in [0.2, 0.25) is 0 Å². The predicted octanol–water partition coefficient (Wildman–Crippen LogP) is 1.17. The maximum absolute atomic E-state index is 12.2. The monoisotopic (exact) mass is 335 g/mol. The molecule has 0 bridgehead atoms. The van der Waals surface area contributed by atoms with E-state index in [9.17, 15) is 24.2 Å². The van der Waals surface area contributed by atoms with E-state index in [-0.39, 0.29) is 43.6 Å². The third kappa shape index (κ3) is 5.16. The minimum Gasteiger partial charge on any atom is -0.391 e. The summed E-state index contributed by atoms with van der Waals surface area (Å²) in [6.07, 6.45) is -0.648. The molecule has 1 saturated heterocycles. The van der Waals surface area contributed by atoms with Crippen LogP contribution in [-0.4, -0.2) is 57.5 Å². The van der Waals surface area contributed by atoms with Crippen molar-refractivity contribution >= 4 is 19.3 Å². The van der Waals surface area contributed by atoms with E-state index in [2.05, 4.69) is 0 Å². The van der Waals surface area contributed by atoms with Gasteiger partial charge < -0.3 is 19.4 Å². The third-order valence-electron chi connectivity index (χ3n) is 3.79. The van der Waals surface area contributed by atoms with Gasteiger partial charge in [-0.2, -0.15) is 0 Å². The number of likely N-dealkylation sites (tertiary alicyclic amines) is 1. The lowest BCUT2D eigenvalue weighted by Crippen LogP contribution is -2.39. The smallest absolute Gasteiger partial charge is 0.330 e. The second kappa shape index (κ2) is 7.68. The van der Waals surface area contributed by atoms with E-state index in [1.54, 1.807) is 27.7 Å². The van der Waals surface area contributed by atoms with Crippen molar-refractivity contribution < 1.29 is 28.7 Å². The number of nitrogens with zero attached hydrogens (tertiary/aromatic N) is 1. The average molecular weight is 335 g/mol. The Bertz CT molecular complexity index is 464. The van der Waals surface area contributed by atoms with E-state index < -0.39 is 25.4 Å². The van der Waals surface area contributed by atoms with Crippen LogP contribution in [0.4, 0.5) is 0 Å². The summed E-state index contributed by atoms with van der Waals surface area (Å²) in [6, 6.07) is -0.485. The Labute approximate surface area is 131 Å². The van der Waals surface area contributed by atoms with E-state index >= 15 is 0 Å². The molecule has 0 saturated carbocycles. The topological polar surface area (TPSA) is 104 Å². The van der Waals surface area contributed by atoms with Crippen LogP contribution < -0.4 is 0 Å². The first-order valence-corrected chi connectivity index (χ1v) is 9.16. The molecule has 7 nitrogen and oxygen atoms in total. The molecule has 1 unspecified atom stereocenters. The number of aliphatic hydroxyl groups excluding tert-OH is 1. The Kier molecular flexibility index (Phi) is 6.74. The molecule has 3 atom stereocenters. The second-order valence-electron chi connectivity index (χ2n) is 6.34. The molecule has 8 heteroatoms. The van der Waals surface area contributed by atoms with Crippen LogP contribution in [0.5, 0.6) is 0 Å². The second-order valence-corrected chi connectivity index (χ2v) is 8.76. The third-order valence-corrected chi connectivity index (χ3v) is 5.61. The van der Waals surface area contributed by atoms with Gasteiger partial charge in [-0.25, -0.2) is 0 Å². The number of hydrogen-bond acceptors (Lipinski definition) is 5. The maximum Gasteiger partial charge on any atom is 0.330 e. The number of aliphatic hydroxyl groups is 1. The molecular formula is C14H26NO6P. The molecule has 128 valence electrons. The SMILES string of the molecule is CC(C)C(=O)CC(=O)N1C[C@H](O)C[C@H]1COP(=O)(O)C(C)C. The summed E-state index contributed by atoms with van der Waals surface area (Å²) in [4.78, 5) is 34.9. The fraction of sp³-hybridized carbons (Fsp3) is 0.857. The summed E-state index contributed by atoms with van der Waals surface area (Å²) in [6.45, 7) is 6.60. The highest BCUT2D eigenvalue weighted by atomic mass is 31.2. The Hall–Kier alpha value is -0.750. The zero-order valence-electron chi connectivity index (χ0n) is 13.6. The molecule has 22 heavy (non-hydrogen) atoms. The van der Waals surface area contributed by atoms with Gasteiger partial charge in [-0.05, 0) is 6.42 Å². The number of amides is 1. The molecular weight excluding hydrogens is 309 g/mol. The number of Topliss-reactive ketones (excluding diaryl/α,β-unsaturated/α-hetero) is 1. The summed E-state index contributed by atoms with van der Waals surface area (Å²) in [7, 11) is -3.72. The molecule has 1 aliphatic rings. The van der Waals surface area contributed by atoms with Crippen molar-refractivity contribution in [1.82, 2.24) is 4.90 Å². The van der Waals surface area contributed by atoms with E-state index in [0.717, 1.165) is 0 Å². The first kappa shape index (κ1) is 19.3. The van der Waals surface area contributed by atoms with E-state index in [1.807, 2.05) is 0 Å². The highest BCUT2D eigenvalue weighted by Gasteiger charge is 2.37. The number of hydrogen-bond donors (Lipinski definition) is 2. The quantitative estimate of drug-likeness (QED) is 0.535. The fourth-order valence-corrected chi connectivity index (χ4v) is 2.84. The number of rotatable bonds is 7. The van der Waals surface area contributed by atoms with Crippen LogP contribution in [0.1, 0.15) is 40.5 Å². The number of β-amino-alcohol motifs (C(OH)–C–C–N with tert-alkyl or cyclic N) is 1. The zero-order chi connectivity index (χ0) is 17.1. The molecule has 1 aliphatic heterocycles. The van der Waals surface area contributed by atoms with Gasteiger partial charge >= 0.3 is 7.60 Å². The molecule has 1 rings (SSSR count). The normalized spacial score (nSPS) is 24.8. The van der Waals surface area contributed by atoms with Gasteiger partial charge in [0.2, 0.25) is 5.91 Å². The van der Waals surface area contributed by atoms with E-state index in [4.69, 9.17) is 4.52 Å². The molecule has 0 spiro atoms. The van der Waals surface area contributed by atoms with Crippen LogP contribution in [-0.2, 0) is 18.7 Å². The lowest BCUT2D eigenvalue weighted by molar-refractivity contribution is -0.137. The maximum atomic E-state index is 12.2. The molecule has 1 amide bonds. The standard InChI is InChI=1S/C14H26NO6P/c1-9(2)13(17)6-14(18)15-7-12(16)5-11(15)8-21-22(19,20)10(3)4/h9-12,16H,5-8H2,1-4H3,(H,19,20)/t11-,12+/m0/s1. The Morgan fingerprint density at radius 3 is 2.41 bits per heavy atom. The van der Waals surface area contributed by atoms with Gasteiger partial charge in [-0.15, -0.1) is 0 Å². The zero-order valence-corrected chi connectivity index (χ0v) is 14.5. The molecule has 1 fully saturated rings. The summed E-state index contributed by atoms with van der Waals surface area (Å²) in [5.74, 6) is -0.771. The van der Waals surface area contributed by atoms with E-state index in [1.165, 1.54) is 4.90 Å². The molecule has 0 radical (unpaired) electrons. The van der Waals surface area contributed by atoms with Crippen molar-refractivity contribution in [1.29, 1.82) is 0 Å². The average Bonchev–Trinajstić information content (AvgIpc) is 2.77. The van der Waals surface area contributed by atoms with Crippen LogP contribution in [0.15, 0.2) is 0 Å². The summed E-state index contributed by atoms with van der Waals surface area (Å²) < 4.78 is 16.9. The van der Waals surface area contributed by atoms with Gasteiger partial charge in [0.15, 0.2) is 0 Å². The minimum absolute atomic E-state index is 0.120. The van der Waals surface area contributed by atoms with Crippen molar-refractivity contribution in [2.75, 3.05) is 13.2 Å². The molecule has 0 aromatic rings. The lowest BCUT2D eigenvalue weighted by atomic mass is 10.1. The summed E-state index contributed by atoms with van der Waals surface area (Å²) in [5, 5.41) is 9.73. The Balaban J connectivity index is 2.67. The van der Waals surface area contributed by atoms with Gasteiger partial charge in [0.25, 0.3) is 0 Å². The van der Waals surface area contributed by atoms with Gasteiger partial charge in [-0.1, -0.05) is 27.7 Å². The van der Waals surface area contributed by atoms with Gasteiger partial charge in [0.1, 0.15) is 5.78 Å². The largest absolute Gasteiger partial charge is 0.391 e. The number of carbonyl (C=O) groups is 2. The van der Waals surface area contributed by atoms with Crippen molar-refractivity contribution in [3.8, 4) is 0 Å². The van der Waals surface area contributed by atoms with E-state index in [0.29, 0.717) is 0 Å². The Morgan fingerprint density at radius 1 is 1.32 bits per heavy atom. The van der Waals surface area contributed by atoms with Gasteiger partial charge in [0, 0.05) is 12.5 Å². The highest BCUT2D eigenvalue weighted by molar-refractivity contribution is 7.53. The number of carbonyl (C=O) groups excluding carboxylic acids is 2. The van der Waals surface area contributed by atoms with Gasteiger partial charge in [0.05, 0.1) is 30.8 Å². The predicted molar refractivity (Wildman–Crippen MR) is 81.5 cm³/mol. The van der Waals surface area contributed by atoms with Crippen molar-refractivity contribution in [2.45, 2.75) is 58.3 Å². The highest BCUT2D eigenvalue weighted by Crippen LogP contribution is 2.47. The van der Waals surface area contributed by atoms with Crippen molar-refractivity contribution in [3.05, 3.63) is 0 Å². The first-order valence-electron chi connectivity index (χ1n) is 7.51. The Morgan fingerprint density at radius 2 is 1.91 bits per heavy atom. The first-order chi connectivity index (χ1) is 10.0. The van der Waals surface area contributed by atoms with Crippen LogP contribution in [0.25, 0.3) is 0 Å². The fourth-order valence-electron chi connectivity index (χ4n) is 2.15. The molecule has 0 aromatic carbocycles. The van der Waals surface area contributed by atoms with Crippen molar-refractivity contribution in [2.24, 2.45) is 5.92 Å². The van der Waals surface area contributed by atoms with Crippen LogP contribution in [0, 0.1) is 5.92 Å². The van der Waals surface area contributed by atoms with Crippen LogP contribution >= 0.6 is 7.60 Å². The minimum atomic E-state index is -3.72. The van der Waals surface area contributed by atoms with Gasteiger partial charge in [-0.3, -0.25) is 14.2 Å². The van der Waals surface area contributed by atoms with Crippen molar-refractivity contribution in [3.63, 3.8) is 0 Å². The van der Waals surface area contributed by atoms with Crippen LogP contribution in [0.3, 0.4) is 0 Å². The molecule has 2 N–H and O–H groups in total. The molecule has 1 heterocycles. The number of ketones is 1. The summed E-state index contributed by atoms with van der Waals surface area (Å²) in [5.41, 5.74) is -0.537. The molecule has 0 aromatic heterocycles. The summed E-state index contributed by atoms with van der Waals surface area (Å²) >= 11 is 0. The lowest BCUT2D eigenvalue weighted by Gasteiger charge is -2.26.